The Morgan fingerprint density at radius 1 is 1.50 bits per heavy atom. The van der Waals surface area contributed by atoms with Gasteiger partial charge in [-0.25, -0.2) is 4.98 Å². The standard InChI is InChI=1S/C15H16N4O4.Na/c20-12-7-16-8-17-14-13(12)18-9-19(14)4-5-23-11-3-1-2-10(6-11)15(21)22;/h1-3,6,8-9,12,20H,4-5,7H2,(H,16,17)(H,21,22);/q;+1/p-1. The van der Waals surface area contributed by atoms with Crippen LogP contribution in [0.4, 0.5) is 5.82 Å². The summed E-state index contributed by atoms with van der Waals surface area (Å²) in [6, 6.07) is 6.13. The smallest absolute Gasteiger partial charge is 0.545 e. The molecule has 0 amide bonds. The van der Waals surface area contributed by atoms with Crippen LogP contribution in [0, 0.1) is 0 Å². The van der Waals surface area contributed by atoms with Crippen LogP contribution in [0.3, 0.4) is 0 Å². The molecule has 1 aliphatic heterocycles. The maximum Gasteiger partial charge on any atom is 1.00 e. The number of aromatic carboxylic acids is 1. The molecule has 0 aliphatic carbocycles. The van der Waals surface area contributed by atoms with Crippen molar-refractivity contribution in [1.29, 1.82) is 0 Å². The molecule has 0 spiro atoms. The Kier molecular flexibility index (Phi) is 6.38. The SMILES string of the molecule is O=C([O-])c1cccc(OCCn2cnc3c2NC=NCC3O)c1.[Na+]. The van der Waals surface area contributed by atoms with Gasteiger partial charge < -0.3 is 29.6 Å². The second-order valence-electron chi connectivity index (χ2n) is 4.99. The molecule has 2 N–H and O–H groups in total. The fourth-order valence-corrected chi connectivity index (χ4v) is 2.29. The van der Waals surface area contributed by atoms with Crippen molar-refractivity contribution in [2.75, 3.05) is 18.5 Å². The van der Waals surface area contributed by atoms with E-state index in [1.54, 1.807) is 23.0 Å². The average Bonchev–Trinajstić information content (AvgIpc) is 2.85. The molecule has 1 aromatic carbocycles. The van der Waals surface area contributed by atoms with Crippen LogP contribution in [-0.2, 0) is 6.54 Å². The van der Waals surface area contributed by atoms with Gasteiger partial charge >= 0.3 is 29.6 Å². The van der Waals surface area contributed by atoms with E-state index in [1.807, 2.05) is 0 Å². The van der Waals surface area contributed by atoms with Crippen molar-refractivity contribution in [3.05, 3.63) is 41.9 Å². The Morgan fingerprint density at radius 3 is 3.12 bits per heavy atom. The van der Waals surface area contributed by atoms with E-state index in [4.69, 9.17) is 4.74 Å². The number of aliphatic hydroxyl groups excluding tert-OH is 1. The number of carboxylic acids is 1. The number of imidazole rings is 1. The van der Waals surface area contributed by atoms with E-state index in [9.17, 15) is 15.0 Å². The Bertz CT molecular complexity index is 747. The number of carbonyl (C=O) groups excluding carboxylic acids is 1. The number of benzene rings is 1. The van der Waals surface area contributed by atoms with E-state index >= 15 is 0 Å². The van der Waals surface area contributed by atoms with Gasteiger partial charge in [-0.1, -0.05) is 12.1 Å². The fraction of sp³-hybridized carbons (Fsp3) is 0.267. The van der Waals surface area contributed by atoms with Gasteiger partial charge in [0.1, 0.15) is 30.0 Å². The zero-order valence-electron chi connectivity index (χ0n) is 13.2. The van der Waals surface area contributed by atoms with Crippen molar-refractivity contribution in [1.82, 2.24) is 9.55 Å². The number of carboxylic acid groups (broad SMARTS) is 1. The van der Waals surface area contributed by atoms with Crippen molar-refractivity contribution in [2.24, 2.45) is 4.99 Å². The number of hydrogen-bond acceptors (Lipinski definition) is 7. The summed E-state index contributed by atoms with van der Waals surface area (Å²) >= 11 is 0. The molecule has 0 radical (unpaired) electrons. The number of ether oxygens (including phenoxy) is 1. The number of rotatable bonds is 5. The molecule has 0 bridgehead atoms. The molecule has 0 fully saturated rings. The molecule has 2 aromatic rings. The van der Waals surface area contributed by atoms with Crippen LogP contribution in [0.2, 0.25) is 0 Å². The van der Waals surface area contributed by atoms with Crippen molar-refractivity contribution >= 4 is 18.1 Å². The van der Waals surface area contributed by atoms with Crippen molar-refractivity contribution in [3.8, 4) is 5.75 Å². The van der Waals surface area contributed by atoms with Crippen LogP contribution >= 0.6 is 0 Å². The second kappa shape index (κ2) is 8.29. The van der Waals surface area contributed by atoms with Crippen LogP contribution in [0.25, 0.3) is 0 Å². The van der Waals surface area contributed by atoms with Gasteiger partial charge in [0.2, 0.25) is 0 Å². The summed E-state index contributed by atoms with van der Waals surface area (Å²) in [6.07, 6.45) is 2.40. The van der Waals surface area contributed by atoms with E-state index in [0.29, 0.717) is 30.4 Å². The van der Waals surface area contributed by atoms with Gasteiger partial charge in [-0.15, -0.1) is 0 Å². The van der Waals surface area contributed by atoms with E-state index in [-0.39, 0.29) is 41.7 Å². The monoisotopic (exact) mass is 338 g/mol. The number of anilines is 1. The zero-order chi connectivity index (χ0) is 16.2. The molecular formula is C15H15N4NaO4. The number of nitrogens with one attached hydrogen (secondary N) is 1. The van der Waals surface area contributed by atoms with E-state index < -0.39 is 12.1 Å². The molecule has 1 atom stereocenters. The first-order chi connectivity index (χ1) is 11.1. The quantitative estimate of drug-likeness (QED) is 0.556. The maximum atomic E-state index is 10.8. The number of aliphatic imine (C=N–C) groups is 1. The van der Waals surface area contributed by atoms with Crippen LogP contribution < -0.4 is 44.7 Å². The first kappa shape index (κ1) is 18.5. The molecular weight excluding hydrogens is 323 g/mol. The summed E-state index contributed by atoms with van der Waals surface area (Å²) in [5.41, 5.74) is 0.612. The summed E-state index contributed by atoms with van der Waals surface area (Å²) in [5, 5.41) is 23.7. The van der Waals surface area contributed by atoms with Gasteiger partial charge in [0, 0.05) is 5.56 Å². The van der Waals surface area contributed by atoms with Gasteiger partial charge in [-0.05, 0) is 12.1 Å². The molecule has 3 rings (SSSR count). The number of aliphatic hydroxyl groups is 1. The normalized spacial score (nSPS) is 15.6. The molecule has 1 aromatic heterocycles. The van der Waals surface area contributed by atoms with Crippen molar-refractivity contribution in [2.45, 2.75) is 12.6 Å². The van der Waals surface area contributed by atoms with Gasteiger partial charge in [-0.3, -0.25) is 4.99 Å². The average molecular weight is 338 g/mol. The number of carbonyl (C=O) groups is 1. The van der Waals surface area contributed by atoms with Gasteiger partial charge in [0.15, 0.2) is 0 Å². The summed E-state index contributed by atoms with van der Waals surface area (Å²) in [7, 11) is 0. The van der Waals surface area contributed by atoms with Crippen LogP contribution in [0.5, 0.6) is 5.75 Å². The fourth-order valence-electron chi connectivity index (χ4n) is 2.29. The van der Waals surface area contributed by atoms with E-state index in [2.05, 4.69) is 15.3 Å². The Labute approximate surface area is 160 Å². The third-order valence-electron chi connectivity index (χ3n) is 3.42. The molecule has 0 saturated heterocycles. The van der Waals surface area contributed by atoms with Crippen LogP contribution in [0.1, 0.15) is 22.2 Å². The molecule has 24 heavy (non-hydrogen) atoms. The van der Waals surface area contributed by atoms with Crippen LogP contribution in [-0.4, -0.2) is 40.1 Å². The summed E-state index contributed by atoms with van der Waals surface area (Å²) in [5.74, 6) is -0.119. The minimum absolute atomic E-state index is 0. The molecule has 120 valence electrons. The first-order valence-corrected chi connectivity index (χ1v) is 7.07. The maximum absolute atomic E-state index is 10.8. The predicted molar refractivity (Wildman–Crippen MR) is 80.4 cm³/mol. The summed E-state index contributed by atoms with van der Waals surface area (Å²) in [6.45, 7) is 1.06. The second-order valence-corrected chi connectivity index (χ2v) is 4.99. The van der Waals surface area contributed by atoms with Gasteiger partial charge in [0.25, 0.3) is 0 Å². The summed E-state index contributed by atoms with van der Waals surface area (Å²) < 4.78 is 7.36. The first-order valence-electron chi connectivity index (χ1n) is 7.07. The minimum atomic E-state index is -1.24. The zero-order valence-corrected chi connectivity index (χ0v) is 15.2. The number of nitrogens with zero attached hydrogens (tertiary/aromatic N) is 3. The third kappa shape index (κ3) is 4.15. The largest absolute Gasteiger partial charge is 1.00 e. The van der Waals surface area contributed by atoms with Gasteiger partial charge in [0.05, 0.1) is 31.7 Å². The van der Waals surface area contributed by atoms with E-state index in [1.165, 1.54) is 18.5 Å². The molecule has 2 heterocycles. The van der Waals surface area contributed by atoms with Crippen molar-refractivity contribution in [3.63, 3.8) is 0 Å². The Balaban J connectivity index is 0.00000208. The molecule has 9 heteroatoms. The molecule has 8 nitrogen and oxygen atoms in total. The number of fused-ring (bicyclic) bond motifs is 1. The molecule has 1 unspecified atom stereocenters. The van der Waals surface area contributed by atoms with E-state index in [0.717, 1.165) is 0 Å². The topological polar surface area (TPSA) is 112 Å². The molecule has 1 aliphatic rings. The minimum Gasteiger partial charge on any atom is -0.545 e. The Morgan fingerprint density at radius 2 is 2.33 bits per heavy atom. The summed E-state index contributed by atoms with van der Waals surface area (Å²) in [4.78, 5) is 19.0. The van der Waals surface area contributed by atoms with Crippen LogP contribution in [0.15, 0.2) is 35.6 Å². The predicted octanol–water partition coefficient (Wildman–Crippen LogP) is -3.18. The third-order valence-corrected chi connectivity index (χ3v) is 3.42. The molecule has 0 saturated carbocycles. The van der Waals surface area contributed by atoms with Crippen molar-refractivity contribution < 1.29 is 49.3 Å². The Hall–Kier alpha value is -1.87. The van der Waals surface area contributed by atoms with Gasteiger partial charge in [-0.2, -0.15) is 0 Å². The number of hydrogen-bond donors (Lipinski definition) is 2. The number of aromatic nitrogens is 2.